The molecule has 9 heteroatoms. The number of hydrogen-bond donors (Lipinski definition) is 2. The summed E-state index contributed by atoms with van der Waals surface area (Å²) in [7, 11) is 0. The van der Waals surface area contributed by atoms with Crippen molar-refractivity contribution in [2.24, 2.45) is 5.11 Å². The third-order valence-electron chi connectivity index (χ3n) is 2.59. The molecule has 0 fully saturated rings. The normalized spacial score (nSPS) is 14.5. The summed E-state index contributed by atoms with van der Waals surface area (Å²) in [5.74, 6) is -1.06. The highest BCUT2D eigenvalue weighted by molar-refractivity contribution is 5.29. The van der Waals surface area contributed by atoms with Crippen molar-refractivity contribution in [1.29, 1.82) is 0 Å². The zero-order chi connectivity index (χ0) is 15.3. The molecule has 1 rings (SSSR count). The van der Waals surface area contributed by atoms with E-state index in [4.69, 9.17) is 5.53 Å². The molecule has 0 bridgehead atoms. The molecule has 0 aromatic heterocycles. The summed E-state index contributed by atoms with van der Waals surface area (Å²) in [5, 5.41) is 22.3. The Labute approximate surface area is 111 Å². The average Bonchev–Trinajstić information content (AvgIpc) is 2.37. The first-order chi connectivity index (χ1) is 9.27. The van der Waals surface area contributed by atoms with Crippen molar-refractivity contribution < 1.29 is 27.8 Å². The van der Waals surface area contributed by atoms with E-state index in [1.54, 1.807) is 0 Å². The molecular formula is C11H11F4N3O2. The molecule has 2 atom stereocenters. The molecule has 0 spiro atoms. The van der Waals surface area contributed by atoms with E-state index in [0.29, 0.717) is 18.2 Å². The van der Waals surface area contributed by atoms with Crippen molar-refractivity contribution in [3.05, 3.63) is 45.6 Å². The summed E-state index contributed by atoms with van der Waals surface area (Å²) in [6.07, 6.45) is -8.27. The second-order valence-corrected chi connectivity index (χ2v) is 3.99. The first-order valence-electron chi connectivity index (χ1n) is 5.51. The van der Waals surface area contributed by atoms with Gasteiger partial charge in [-0.25, -0.2) is 4.39 Å². The van der Waals surface area contributed by atoms with Crippen molar-refractivity contribution in [2.75, 3.05) is 6.54 Å². The largest absolute Gasteiger partial charge is 0.416 e. The second kappa shape index (κ2) is 6.56. The summed E-state index contributed by atoms with van der Waals surface area (Å²) < 4.78 is 50.9. The van der Waals surface area contributed by atoms with Gasteiger partial charge in [0.25, 0.3) is 0 Å². The zero-order valence-corrected chi connectivity index (χ0v) is 10.0. The van der Waals surface area contributed by atoms with Crippen LogP contribution in [-0.2, 0) is 6.18 Å². The van der Waals surface area contributed by atoms with Gasteiger partial charge in [-0.05, 0) is 30.2 Å². The topological polar surface area (TPSA) is 89.2 Å². The van der Waals surface area contributed by atoms with Gasteiger partial charge in [-0.2, -0.15) is 13.2 Å². The Morgan fingerprint density at radius 1 is 1.30 bits per heavy atom. The summed E-state index contributed by atoms with van der Waals surface area (Å²) in [6.45, 7) is -0.171. The number of benzene rings is 1. The summed E-state index contributed by atoms with van der Waals surface area (Å²) >= 11 is 0. The molecular weight excluding hydrogens is 282 g/mol. The van der Waals surface area contributed by atoms with E-state index >= 15 is 0 Å². The summed E-state index contributed by atoms with van der Waals surface area (Å²) in [4.78, 5) is 2.41. The fraction of sp³-hybridized carbons (Fsp3) is 0.455. The van der Waals surface area contributed by atoms with E-state index in [0.717, 1.165) is 0 Å². The minimum absolute atomic E-state index is 0.171. The molecule has 110 valence electrons. The van der Waals surface area contributed by atoms with E-state index in [2.05, 4.69) is 10.0 Å². The number of nitrogens with zero attached hydrogens (tertiary/aromatic N) is 3. The predicted octanol–water partition coefficient (Wildman–Crippen LogP) is 2.94. The molecule has 5 nitrogen and oxygen atoms in total. The molecule has 0 saturated carbocycles. The van der Waals surface area contributed by atoms with Crippen molar-refractivity contribution in [3.8, 4) is 0 Å². The maximum atomic E-state index is 13.4. The van der Waals surface area contributed by atoms with Gasteiger partial charge in [0.15, 0.2) is 0 Å². The van der Waals surface area contributed by atoms with Gasteiger partial charge < -0.3 is 10.2 Å². The minimum atomic E-state index is -4.68. The maximum absolute atomic E-state index is 13.4. The van der Waals surface area contributed by atoms with Gasteiger partial charge in [-0.3, -0.25) is 0 Å². The predicted molar refractivity (Wildman–Crippen MR) is 61.0 cm³/mol. The lowest BCUT2D eigenvalue weighted by Crippen LogP contribution is -2.21. The zero-order valence-electron chi connectivity index (χ0n) is 10.0. The lowest BCUT2D eigenvalue weighted by atomic mass is 9.99. The van der Waals surface area contributed by atoms with Gasteiger partial charge in [-0.1, -0.05) is 5.11 Å². The molecule has 0 radical (unpaired) electrons. The van der Waals surface area contributed by atoms with Crippen LogP contribution in [0.4, 0.5) is 17.6 Å². The lowest BCUT2D eigenvalue weighted by Gasteiger charge is -2.19. The molecule has 0 amide bonds. The molecule has 20 heavy (non-hydrogen) atoms. The van der Waals surface area contributed by atoms with Crippen LogP contribution in [0, 0.1) is 5.82 Å². The van der Waals surface area contributed by atoms with Crippen LogP contribution >= 0.6 is 0 Å². The van der Waals surface area contributed by atoms with Gasteiger partial charge in [0.2, 0.25) is 0 Å². The smallest absolute Gasteiger partial charge is 0.390 e. The number of azide groups is 1. The monoisotopic (exact) mass is 293 g/mol. The number of hydrogen-bond acceptors (Lipinski definition) is 3. The summed E-state index contributed by atoms with van der Waals surface area (Å²) in [5.41, 5.74) is 6.25. The Balaban J connectivity index is 2.96. The fourth-order valence-corrected chi connectivity index (χ4v) is 1.55. The first-order valence-corrected chi connectivity index (χ1v) is 5.51. The quantitative estimate of drug-likeness (QED) is 0.378. The number of alkyl halides is 3. The third kappa shape index (κ3) is 4.09. The molecule has 0 aliphatic heterocycles. The molecule has 1 aromatic rings. The fourth-order valence-electron chi connectivity index (χ4n) is 1.55. The number of rotatable bonds is 5. The Morgan fingerprint density at radius 2 is 1.95 bits per heavy atom. The Kier molecular flexibility index (Phi) is 5.32. The van der Waals surface area contributed by atoms with Gasteiger partial charge in [0.05, 0.1) is 11.7 Å². The van der Waals surface area contributed by atoms with Gasteiger partial charge in [-0.15, -0.1) is 0 Å². The van der Waals surface area contributed by atoms with E-state index < -0.39 is 35.3 Å². The van der Waals surface area contributed by atoms with Crippen LogP contribution in [0.15, 0.2) is 23.3 Å². The summed E-state index contributed by atoms with van der Waals surface area (Å²) in [6, 6.07) is 1.55. The van der Waals surface area contributed by atoms with Crippen molar-refractivity contribution in [1.82, 2.24) is 0 Å². The van der Waals surface area contributed by atoms with Crippen LogP contribution in [0.2, 0.25) is 0 Å². The molecule has 2 unspecified atom stereocenters. The Hall–Kier alpha value is -1.83. The highest BCUT2D eigenvalue weighted by Crippen LogP contribution is 2.32. The SMILES string of the molecule is [N-]=[N+]=NCCC(O)C(O)c1cc(C(F)(F)F)ccc1F. The average molecular weight is 293 g/mol. The van der Waals surface area contributed by atoms with Crippen LogP contribution in [0.3, 0.4) is 0 Å². The highest BCUT2D eigenvalue weighted by Gasteiger charge is 2.32. The highest BCUT2D eigenvalue weighted by atomic mass is 19.4. The Morgan fingerprint density at radius 3 is 2.50 bits per heavy atom. The van der Waals surface area contributed by atoms with Crippen LogP contribution in [0.25, 0.3) is 10.4 Å². The number of aliphatic hydroxyl groups excluding tert-OH is 2. The van der Waals surface area contributed by atoms with Crippen LogP contribution < -0.4 is 0 Å². The molecule has 0 aliphatic rings. The third-order valence-corrected chi connectivity index (χ3v) is 2.59. The van der Waals surface area contributed by atoms with E-state index in [1.165, 1.54) is 0 Å². The molecule has 0 heterocycles. The molecule has 1 aromatic carbocycles. The molecule has 0 saturated heterocycles. The second-order valence-electron chi connectivity index (χ2n) is 3.99. The van der Waals surface area contributed by atoms with E-state index in [9.17, 15) is 27.8 Å². The Bertz CT molecular complexity index is 515. The van der Waals surface area contributed by atoms with Crippen molar-refractivity contribution in [2.45, 2.75) is 24.8 Å². The van der Waals surface area contributed by atoms with Gasteiger partial charge >= 0.3 is 6.18 Å². The van der Waals surface area contributed by atoms with Crippen molar-refractivity contribution in [3.63, 3.8) is 0 Å². The molecule has 0 aliphatic carbocycles. The van der Waals surface area contributed by atoms with E-state index in [1.807, 2.05) is 0 Å². The maximum Gasteiger partial charge on any atom is 0.416 e. The molecule has 2 N–H and O–H groups in total. The van der Waals surface area contributed by atoms with Crippen molar-refractivity contribution >= 4 is 0 Å². The van der Waals surface area contributed by atoms with Crippen LogP contribution in [0.5, 0.6) is 0 Å². The number of aliphatic hydroxyl groups is 2. The van der Waals surface area contributed by atoms with Gasteiger partial charge in [0.1, 0.15) is 11.9 Å². The minimum Gasteiger partial charge on any atom is -0.390 e. The van der Waals surface area contributed by atoms with E-state index in [-0.39, 0.29) is 13.0 Å². The number of halogens is 4. The van der Waals surface area contributed by atoms with Gasteiger partial charge in [0, 0.05) is 17.0 Å². The standard InChI is InChI=1S/C11H11F4N3O2/c12-8-2-1-6(11(13,14)15)5-7(8)10(20)9(19)3-4-17-18-16/h1-2,5,9-10,19-20H,3-4H2. The lowest BCUT2D eigenvalue weighted by molar-refractivity contribution is -0.137. The van der Waals surface area contributed by atoms with Crippen LogP contribution in [0.1, 0.15) is 23.7 Å². The first kappa shape index (κ1) is 16.2. The van der Waals surface area contributed by atoms with Crippen LogP contribution in [-0.4, -0.2) is 22.9 Å².